The molecule has 1 aliphatic heterocycles. The lowest BCUT2D eigenvalue weighted by atomic mass is 9.94. The van der Waals surface area contributed by atoms with Crippen LogP contribution in [0.3, 0.4) is 0 Å². The summed E-state index contributed by atoms with van der Waals surface area (Å²) >= 11 is 2.30. The molecule has 0 bridgehead atoms. The molecule has 2 aromatic carbocycles. The van der Waals surface area contributed by atoms with Crippen LogP contribution >= 0.6 is 23.1 Å². The Morgan fingerprint density at radius 1 is 1.10 bits per heavy atom. The molecule has 0 aliphatic carbocycles. The summed E-state index contributed by atoms with van der Waals surface area (Å²) in [5.74, 6) is -1.55. The van der Waals surface area contributed by atoms with E-state index in [0.717, 1.165) is 11.3 Å². The predicted octanol–water partition coefficient (Wildman–Crippen LogP) is 5.37. The minimum Gasteiger partial charge on any atom is -0.503 e. The summed E-state index contributed by atoms with van der Waals surface area (Å²) in [6.07, 6.45) is 1.32. The molecule has 1 unspecified atom stereocenters. The first kappa shape index (κ1) is 27.2. The Labute approximate surface area is 236 Å². The lowest BCUT2D eigenvalue weighted by molar-refractivity contribution is -0.117. The number of methoxy groups -OCH3 is 3. The summed E-state index contributed by atoms with van der Waals surface area (Å²) in [5.41, 5.74) is 0.644. The highest BCUT2D eigenvalue weighted by atomic mass is 32.2. The number of halogens is 1. The van der Waals surface area contributed by atoms with Gasteiger partial charge in [0.1, 0.15) is 5.82 Å². The third kappa shape index (κ3) is 4.89. The van der Waals surface area contributed by atoms with E-state index in [0.29, 0.717) is 21.2 Å². The fraction of sp³-hybridized carbons (Fsp3) is 0.185. The number of benzene rings is 2. The maximum atomic E-state index is 14.1. The van der Waals surface area contributed by atoms with Gasteiger partial charge in [-0.2, -0.15) is 0 Å². The minimum atomic E-state index is -1.14. The number of ketones is 1. The van der Waals surface area contributed by atoms with Gasteiger partial charge >= 0.3 is 0 Å². The van der Waals surface area contributed by atoms with Crippen LogP contribution in [0.1, 0.15) is 27.7 Å². The number of aliphatic hydroxyl groups is 1. The van der Waals surface area contributed by atoms with Crippen LogP contribution in [0.5, 0.6) is 17.2 Å². The molecule has 4 aromatic rings. The van der Waals surface area contributed by atoms with Gasteiger partial charge in [0.15, 0.2) is 27.4 Å². The molecular weight excluding hydrogens is 561 g/mol. The van der Waals surface area contributed by atoms with Crippen molar-refractivity contribution in [3.05, 3.63) is 88.8 Å². The normalized spacial score (nSPS) is 15.1. The van der Waals surface area contributed by atoms with Crippen molar-refractivity contribution in [2.75, 3.05) is 26.2 Å². The molecule has 0 fully saturated rings. The van der Waals surface area contributed by atoms with Crippen LogP contribution in [0.4, 0.5) is 9.52 Å². The van der Waals surface area contributed by atoms with E-state index in [1.165, 1.54) is 62.5 Å². The number of nitrogens with zero attached hydrogens (tertiary/aromatic N) is 3. The van der Waals surface area contributed by atoms with Gasteiger partial charge in [0, 0.05) is 5.75 Å². The molecule has 13 heteroatoms. The van der Waals surface area contributed by atoms with Crippen molar-refractivity contribution >= 4 is 39.9 Å². The third-order valence-electron chi connectivity index (χ3n) is 6.11. The van der Waals surface area contributed by atoms with Gasteiger partial charge in [-0.05, 0) is 41.5 Å². The van der Waals surface area contributed by atoms with Gasteiger partial charge in [-0.3, -0.25) is 14.5 Å². The number of rotatable bonds is 10. The van der Waals surface area contributed by atoms with Crippen molar-refractivity contribution in [1.82, 2.24) is 10.2 Å². The molecule has 10 nitrogen and oxygen atoms in total. The third-order valence-corrected chi connectivity index (χ3v) is 8.22. The number of furan rings is 1. The zero-order valence-electron chi connectivity index (χ0n) is 21.4. The molecule has 1 aliphatic rings. The molecule has 0 spiro atoms. The van der Waals surface area contributed by atoms with E-state index in [1.54, 1.807) is 30.3 Å². The van der Waals surface area contributed by atoms with Crippen molar-refractivity contribution < 1.29 is 37.7 Å². The van der Waals surface area contributed by atoms with E-state index in [4.69, 9.17) is 18.6 Å². The van der Waals surface area contributed by atoms with Crippen LogP contribution in [0.2, 0.25) is 0 Å². The second-order valence-electron chi connectivity index (χ2n) is 8.34. The van der Waals surface area contributed by atoms with Crippen LogP contribution < -0.4 is 19.1 Å². The maximum Gasteiger partial charge on any atom is 0.296 e. The molecule has 0 saturated heterocycles. The molecule has 0 saturated carbocycles. The first-order valence-electron chi connectivity index (χ1n) is 11.7. The number of hydrogen-bond acceptors (Lipinski definition) is 11. The van der Waals surface area contributed by atoms with Gasteiger partial charge in [-0.15, -0.1) is 10.2 Å². The van der Waals surface area contributed by atoms with Crippen molar-refractivity contribution in [3.8, 4) is 17.2 Å². The number of aromatic nitrogens is 2. The zero-order chi connectivity index (χ0) is 28.4. The number of carbonyl (C=O) groups excluding carboxylic acids is 2. The number of ether oxygens (including phenoxy) is 3. The van der Waals surface area contributed by atoms with Crippen LogP contribution in [-0.4, -0.2) is 48.3 Å². The zero-order valence-corrected chi connectivity index (χ0v) is 23.0. The molecule has 0 radical (unpaired) electrons. The van der Waals surface area contributed by atoms with Gasteiger partial charge in [0.05, 0.1) is 39.2 Å². The molecule has 3 heterocycles. The largest absolute Gasteiger partial charge is 0.503 e. The van der Waals surface area contributed by atoms with Crippen molar-refractivity contribution in [2.24, 2.45) is 0 Å². The lowest BCUT2D eigenvalue weighted by Crippen LogP contribution is -2.31. The van der Waals surface area contributed by atoms with Gasteiger partial charge in [-0.1, -0.05) is 41.3 Å². The Hall–Kier alpha value is -4.36. The van der Waals surface area contributed by atoms with E-state index >= 15 is 0 Å². The van der Waals surface area contributed by atoms with Crippen LogP contribution in [-0.2, 0) is 10.5 Å². The van der Waals surface area contributed by atoms with Gasteiger partial charge in [0.25, 0.3) is 5.91 Å². The Kier molecular flexibility index (Phi) is 7.76. The average molecular weight is 584 g/mol. The monoisotopic (exact) mass is 583 g/mol. The minimum absolute atomic E-state index is 0.0629. The summed E-state index contributed by atoms with van der Waals surface area (Å²) in [7, 11) is 4.32. The molecule has 206 valence electrons. The van der Waals surface area contributed by atoms with Gasteiger partial charge in [0.2, 0.25) is 16.7 Å². The highest BCUT2D eigenvalue weighted by Crippen LogP contribution is 2.48. The van der Waals surface area contributed by atoms with E-state index in [1.807, 2.05) is 0 Å². The molecular formula is C27H22FN3O7S2. The Bertz CT molecular complexity index is 1580. The van der Waals surface area contributed by atoms with Crippen molar-refractivity contribution in [3.63, 3.8) is 0 Å². The number of thioether (sulfide) groups is 1. The molecule has 5 rings (SSSR count). The van der Waals surface area contributed by atoms with Crippen LogP contribution in [0.25, 0.3) is 0 Å². The molecule has 1 N–H and O–H groups in total. The predicted molar refractivity (Wildman–Crippen MR) is 145 cm³/mol. The number of carbonyl (C=O) groups is 2. The topological polar surface area (TPSA) is 124 Å². The van der Waals surface area contributed by atoms with Crippen molar-refractivity contribution in [1.29, 1.82) is 0 Å². The second kappa shape index (κ2) is 11.4. The first-order chi connectivity index (χ1) is 19.4. The fourth-order valence-electron chi connectivity index (χ4n) is 4.26. The van der Waals surface area contributed by atoms with Crippen LogP contribution in [0.15, 0.2) is 74.9 Å². The fourth-order valence-corrected chi connectivity index (χ4v) is 6.12. The quantitative estimate of drug-likeness (QED) is 0.148. The number of hydrogen-bond donors (Lipinski definition) is 1. The van der Waals surface area contributed by atoms with Gasteiger partial charge in [-0.25, -0.2) is 4.39 Å². The average Bonchev–Trinajstić information content (AvgIpc) is 3.72. The standard InChI is InChI=1S/C27H22FN3O7S2/c1-35-18-11-15(12-19(36-2)24(18)37-3)21-20(22(32)17-9-6-10-38-17)23(33)25(34)31(21)26-29-30-27(40-26)39-13-14-7-4-5-8-16(14)28/h4-12,21,33H,13H2,1-3H3. The Balaban J connectivity index is 1.57. The highest BCUT2D eigenvalue weighted by molar-refractivity contribution is 8.00. The van der Waals surface area contributed by atoms with Crippen molar-refractivity contribution in [2.45, 2.75) is 16.1 Å². The number of anilines is 1. The van der Waals surface area contributed by atoms with Crippen LogP contribution in [0, 0.1) is 5.82 Å². The smallest absolute Gasteiger partial charge is 0.296 e. The maximum absolute atomic E-state index is 14.1. The van der Waals surface area contributed by atoms with E-state index in [9.17, 15) is 19.1 Å². The lowest BCUT2D eigenvalue weighted by Gasteiger charge is -2.25. The van der Waals surface area contributed by atoms with Gasteiger partial charge < -0.3 is 23.7 Å². The molecule has 40 heavy (non-hydrogen) atoms. The summed E-state index contributed by atoms with van der Waals surface area (Å²) < 4.78 is 36.2. The summed E-state index contributed by atoms with van der Waals surface area (Å²) in [6.45, 7) is 0. The Morgan fingerprint density at radius 3 is 2.45 bits per heavy atom. The number of aliphatic hydroxyl groups excluding tert-OH is 1. The number of amides is 1. The second-order valence-corrected chi connectivity index (χ2v) is 10.5. The SMILES string of the molecule is COc1cc(C2C(C(=O)c3ccco3)=C(O)C(=O)N2c2nnc(SCc3ccccc3F)s2)cc(OC)c1OC. The summed E-state index contributed by atoms with van der Waals surface area (Å²) in [4.78, 5) is 28.2. The van der Waals surface area contributed by atoms with E-state index in [2.05, 4.69) is 10.2 Å². The molecule has 1 atom stereocenters. The molecule has 1 amide bonds. The first-order valence-corrected chi connectivity index (χ1v) is 13.5. The Morgan fingerprint density at radius 2 is 1.82 bits per heavy atom. The van der Waals surface area contributed by atoms with E-state index < -0.39 is 23.5 Å². The molecule has 2 aromatic heterocycles. The summed E-state index contributed by atoms with van der Waals surface area (Å²) in [5, 5.41) is 19.4. The number of Topliss-reactive ketones (excluding diaryl/α,β-unsaturated/α-hetero) is 1. The highest BCUT2D eigenvalue weighted by Gasteiger charge is 2.47. The summed E-state index contributed by atoms with van der Waals surface area (Å²) in [6, 6.07) is 11.4. The van der Waals surface area contributed by atoms with E-state index in [-0.39, 0.29) is 39.5 Å².